The van der Waals surface area contributed by atoms with Crippen LogP contribution in [0.4, 0.5) is 0 Å². The lowest BCUT2D eigenvalue weighted by atomic mass is 9.99. The summed E-state index contributed by atoms with van der Waals surface area (Å²) in [6, 6.07) is 0. The summed E-state index contributed by atoms with van der Waals surface area (Å²) >= 11 is 0. The van der Waals surface area contributed by atoms with Crippen molar-refractivity contribution in [2.75, 3.05) is 26.4 Å². The predicted octanol–water partition coefficient (Wildman–Crippen LogP) is 14.2. The monoisotopic (exact) mass is 1040 g/mol. The number of hydrogen-bond acceptors (Lipinski definition) is 11. The number of carbonyl (C=O) groups excluding carboxylic acids is 1. The number of aliphatic hydroxyl groups excluding tert-OH is 3. The van der Waals surface area contributed by atoms with Crippen LogP contribution in [0, 0.1) is 0 Å². The fraction of sp³-hybridized carbons (Fsp3) is 0.780. The standard InChI is InChI=1S/C59H104O12S/c1-3-5-7-9-11-13-15-17-19-21-23-25-26-27-28-29-30-32-34-36-38-40-42-44-46-48-55(61)69-53(52-68-59-57(63)58(71-72(64,65)66)56(62)54(50-60)70-59)51-67-49-47-45-43-41-39-37-35-33-31-24-22-20-18-16-14-12-10-8-6-4-2/h6,8,12,14,18,20,24,31,35,37,41,43,53-54,56-60,62-63H,3-5,7,9-11,13,15-17,19,21-23,25-30,32-34,36,38-40,42,44-52H2,1-2H3,(H,64,65,66)/b8-6-,14-12-,20-18-,31-24-,37-35-,43-41-. The lowest BCUT2D eigenvalue weighted by Crippen LogP contribution is -2.60. The maximum atomic E-state index is 13.0. The molecule has 0 aromatic carbocycles. The molecule has 0 aromatic heterocycles. The molecule has 0 radical (unpaired) electrons. The first-order valence-electron chi connectivity index (χ1n) is 28.7. The summed E-state index contributed by atoms with van der Waals surface area (Å²) in [4.78, 5) is 13.0. The Kier molecular flexibility index (Phi) is 46.4. The third kappa shape index (κ3) is 41.8. The molecule has 6 atom stereocenters. The van der Waals surface area contributed by atoms with Gasteiger partial charge in [-0.15, -0.1) is 0 Å². The van der Waals surface area contributed by atoms with Crippen LogP contribution in [0.15, 0.2) is 72.9 Å². The van der Waals surface area contributed by atoms with Crippen molar-refractivity contribution >= 4 is 16.4 Å². The lowest BCUT2D eigenvalue weighted by Gasteiger charge is -2.41. The van der Waals surface area contributed by atoms with Crippen LogP contribution in [0.25, 0.3) is 0 Å². The van der Waals surface area contributed by atoms with Gasteiger partial charge < -0.3 is 34.3 Å². The summed E-state index contributed by atoms with van der Waals surface area (Å²) in [5.74, 6) is -0.416. The van der Waals surface area contributed by atoms with Crippen molar-refractivity contribution in [3.05, 3.63) is 72.9 Å². The molecule has 0 amide bonds. The van der Waals surface area contributed by atoms with E-state index in [0.717, 1.165) is 70.6 Å². The van der Waals surface area contributed by atoms with Gasteiger partial charge in [0.1, 0.15) is 30.5 Å². The molecule has 0 saturated carbocycles. The van der Waals surface area contributed by atoms with Crippen LogP contribution >= 0.6 is 0 Å². The predicted molar refractivity (Wildman–Crippen MR) is 294 cm³/mol. The topological polar surface area (TPSA) is 178 Å². The Hall–Kier alpha value is -2.46. The Balaban J connectivity index is 2.33. The number of esters is 1. The molecule has 418 valence electrons. The van der Waals surface area contributed by atoms with E-state index >= 15 is 0 Å². The van der Waals surface area contributed by atoms with Crippen molar-refractivity contribution in [3.8, 4) is 0 Å². The molecule has 0 spiro atoms. The maximum Gasteiger partial charge on any atom is 0.397 e. The number of unbranched alkanes of at least 4 members (excludes halogenated alkanes) is 25. The molecule has 6 unspecified atom stereocenters. The average Bonchev–Trinajstić information content (AvgIpc) is 3.36. The van der Waals surface area contributed by atoms with Gasteiger partial charge in [-0.25, -0.2) is 4.18 Å². The van der Waals surface area contributed by atoms with Crippen LogP contribution < -0.4 is 0 Å². The second kappa shape index (κ2) is 49.4. The third-order valence-corrected chi connectivity index (χ3v) is 13.3. The molecule has 72 heavy (non-hydrogen) atoms. The molecule has 1 saturated heterocycles. The fourth-order valence-corrected chi connectivity index (χ4v) is 9.08. The Morgan fingerprint density at radius 3 is 1.35 bits per heavy atom. The van der Waals surface area contributed by atoms with E-state index in [1.165, 1.54) is 135 Å². The molecule has 1 heterocycles. The van der Waals surface area contributed by atoms with E-state index in [2.05, 4.69) is 90.9 Å². The minimum absolute atomic E-state index is 0.00518. The molecule has 0 aliphatic carbocycles. The first-order chi connectivity index (χ1) is 35.1. The van der Waals surface area contributed by atoms with E-state index in [9.17, 15) is 33.1 Å². The Bertz CT molecular complexity index is 1520. The zero-order valence-electron chi connectivity index (χ0n) is 45.2. The molecular weight excluding hydrogens is 933 g/mol. The fourth-order valence-electron chi connectivity index (χ4n) is 8.57. The van der Waals surface area contributed by atoms with Crippen LogP contribution in [0.1, 0.15) is 232 Å². The summed E-state index contributed by atoms with van der Waals surface area (Å²) < 4.78 is 59.3. The Labute approximate surface area is 439 Å². The van der Waals surface area contributed by atoms with Crippen molar-refractivity contribution in [2.45, 2.75) is 269 Å². The number of carbonyl (C=O) groups is 1. The van der Waals surface area contributed by atoms with Gasteiger partial charge in [-0.2, -0.15) is 8.42 Å². The second-order valence-corrected chi connectivity index (χ2v) is 20.6. The molecule has 0 bridgehead atoms. The van der Waals surface area contributed by atoms with E-state index < -0.39 is 59.8 Å². The normalized spacial score (nSPS) is 19.4. The minimum atomic E-state index is -5.08. The smallest absolute Gasteiger partial charge is 0.397 e. The summed E-state index contributed by atoms with van der Waals surface area (Å²) in [6.45, 7) is 3.76. The van der Waals surface area contributed by atoms with E-state index in [1.54, 1.807) is 0 Å². The van der Waals surface area contributed by atoms with Crippen LogP contribution in [0.3, 0.4) is 0 Å². The van der Waals surface area contributed by atoms with Crippen LogP contribution in [0.2, 0.25) is 0 Å². The van der Waals surface area contributed by atoms with Gasteiger partial charge in [0.2, 0.25) is 0 Å². The van der Waals surface area contributed by atoms with E-state index in [1.807, 2.05) is 0 Å². The molecule has 4 N–H and O–H groups in total. The lowest BCUT2D eigenvalue weighted by molar-refractivity contribution is -0.301. The number of rotatable bonds is 50. The van der Waals surface area contributed by atoms with Gasteiger partial charge in [-0.05, 0) is 57.8 Å². The zero-order valence-corrected chi connectivity index (χ0v) is 46.0. The molecule has 1 fully saturated rings. The molecule has 1 rings (SSSR count). The van der Waals surface area contributed by atoms with Crippen LogP contribution in [-0.4, -0.2) is 97.5 Å². The quantitative estimate of drug-likeness (QED) is 0.0196. The first-order valence-corrected chi connectivity index (χ1v) is 30.1. The molecule has 0 aromatic rings. The molecule has 1 aliphatic rings. The van der Waals surface area contributed by atoms with Crippen molar-refractivity contribution in [1.29, 1.82) is 0 Å². The van der Waals surface area contributed by atoms with Gasteiger partial charge in [0.25, 0.3) is 0 Å². The van der Waals surface area contributed by atoms with Gasteiger partial charge in [-0.3, -0.25) is 9.35 Å². The number of allylic oxidation sites excluding steroid dienone is 12. The molecule has 1 aliphatic heterocycles. The highest BCUT2D eigenvalue weighted by atomic mass is 32.3. The number of aliphatic hydroxyl groups is 3. The first kappa shape index (κ1) is 67.6. The van der Waals surface area contributed by atoms with E-state index in [0.29, 0.717) is 13.0 Å². The van der Waals surface area contributed by atoms with Gasteiger partial charge in [0.15, 0.2) is 6.29 Å². The van der Waals surface area contributed by atoms with Gasteiger partial charge in [0.05, 0.1) is 19.8 Å². The number of hydrogen-bond donors (Lipinski definition) is 4. The van der Waals surface area contributed by atoms with E-state index in [4.69, 9.17) is 18.9 Å². The average molecular weight is 1040 g/mol. The SMILES string of the molecule is CC/C=C\C/C=C\C/C=C\C/C=C\C/C=C\C/C=C\CCCOCC(COC1OC(CO)C(O)C(OS(=O)(=O)O)C1O)OC(=O)CCCCCCCCCCCCCCCCCCCCCCCCCCC. The highest BCUT2D eigenvalue weighted by molar-refractivity contribution is 7.80. The van der Waals surface area contributed by atoms with Crippen LogP contribution in [-0.2, 0) is 38.3 Å². The van der Waals surface area contributed by atoms with E-state index in [-0.39, 0.29) is 19.6 Å². The summed E-state index contributed by atoms with van der Waals surface area (Å²) in [6.07, 6.45) is 56.7. The molecule has 12 nitrogen and oxygen atoms in total. The second-order valence-electron chi connectivity index (χ2n) is 19.5. The third-order valence-electron chi connectivity index (χ3n) is 12.8. The maximum absolute atomic E-state index is 13.0. The highest BCUT2D eigenvalue weighted by Crippen LogP contribution is 2.26. The van der Waals surface area contributed by atoms with Crippen LogP contribution in [0.5, 0.6) is 0 Å². The van der Waals surface area contributed by atoms with Crippen molar-refractivity contribution in [2.24, 2.45) is 0 Å². The van der Waals surface area contributed by atoms with Crippen molar-refractivity contribution in [1.82, 2.24) is 0 Å². The number of ether oxygens (including phenoxy) is 4. The van der Waals surface area contributed by atoms with Crippen molar-refractivity contribution in [3.63, 3.8) is 0 Å². The summed E-state index contributed by atoms with van der Waals surface area (Å²) in [7, 11) is -5.08. The molecular formula is C59H104O12S. The Morgan fingerprint density at radius 2 is 0.944 bits per heavy atom. The molecule has 13 heteroatoms. The minimum Gasteiger partial charge on any atom is -0.457 e. The van der Waals surface area contributed by atoms with Gasteiger partial charge in [0, 0.05) is 13.0 Å². The largest absolute Gasteiger partial charge is 0.457 e. The Morgan fingerprint density at radius 1 is 0.542 bits per heavy atom. The summed E-state index contributed by atoms with van der Waals surface area (Å²) in [5, 5.41) is 30.8. The van der Waals surface area contributed by atoms with Gasteiger partial charge in [-0.1, -0.05) is 241 Å². The zero-order chi connectivity index (χ0) is 52.4. The highest BCUT2D eigenvalue weighted by Gasteiger charge is 2.48. The van der Waals surface area contributed by atoms with Crippen molar-refractivity contribution < 1.29 is 56.2 Å². The summed E-state index contributed by atoms with van der Waals surface area (Å²) in [5.41, 5.74) is 0. The van der Waals surface area contributed by atoms with Gasteiger partial charge >= 0.3 is 16.4 Å².